The van der Waals surface area contributed by atoms with Gasteiger partial charge in [-0.15, -0.1) is 0 Å². The summed E-state index contributed by atoms with van der Waals surface area (Å²) in [7, 11) is 0. The summed E-state index contributed by atoms with van der Waals surface area (Å²) in [4.78, 5) is 34.2. The van der Waals surface area contributed by atoms with E-state index in [0.29, 0.717) is 23.4 Å². The first kappa shape index (κ1) is 14.0. The lowest BCUT2D eigenvalue weighted by Crippen LogP contribution is -2.26. The largest absolute Gasteiger partial charge is 0.482 e. The van der Waals surface area contributed by atoms with E-state index in [9.17, 15) is 14.4 Å². The van der Waals surface area contributed by atoms with Crippen molar-refractivity contribution >= 4 is 23.3 Å². The van der Waals surface area contributed by atoms with Gasteiger partial charge in [-0.2, -0.15) is 0 Å². The van der Waals surface area contributed by atoms with Gasteiger partial charge < -0.3 is 15.2 Å². The highest BCUT2D eigenvalue weighted by molar-refractivity contribution is 6.01. The van der Waals surface area contributed by atoms with E-state index in [1.54, 1.807) is 25.1 Å². The number of anilines is 1. The number of carboxylic acids is 1. The number of carbonyl (C=O) groups is 3. The van der Waals surface area contributed by atoms with E-state index in [4.69, 9.17) is 9.84 Å². The Morgan fingerprint density at radius 2 is 2.20 bits per heavy atom. The van der Waals surface area contributed by atoms with Crippen LogP contribution in [0, 0.1) is 5.92 Å². The second-order valence-corrected chi connectivity index (χ2v) is 4.62. The smallest absolute Gasteiger partial charge is 0.304 e. The molecule has 0 aliphatic carbocycles. The van der Waals surface area contributed by atoms with E-state index in [2.05, 4.69) is 5.32 Å². The minimum Gasteiger partial charge on any atom is -0.482 e. The van der Waals surface area contributed by atoms with Crippen LogP contribution in [0.15, 0.2) is 18.2 Å². The molecule has 1 unspecified atom stereocenters. The summed E-state index contributed by atoms with van der Waals surface area (Å²) in [5, 5.41) is 11.4. The number of fused-ring (bicyclic) bond motifs is 1. The van der Waals surface area contributed by atoms with Crippen molar-refractivity contribution in [1.29, 1.82) is 0 Å². The maximum absolute atomic E-state index is 12.3. The third-order valence-electron chi connectivity index (χ3n) is 3.18. The molecular formula is C14H15NO5. The van der Waals surface area contributed by atoms with Crippen molar-refractivity contribution in [2.75, 3.05) is 11.9 Å². The highest BCUT2D eigenvalue weighted by Crippen LogP contribution is 2.30. The fourth-order valence-corrected chi connectivity index (χ4v) is 2.10. The number of hydrogen-bond acceptors (Lipinski definition) is 4. The first-order valence-corrected chi connectivity index (χ1v) is 6.34. The van der Waals surface area contributed by atoms with E-state index < -0.39 is 11.9 Å². The molecule has 0 fully saturated rings. The summed E-state index contributed by atoms with van der Waals surface area (Å²) in [6.45, 7) is 1.69. The lowest BCUT2D eigenvalue weighted by molar-refractivity contribution is -0.137. The van der Waals surface area contributed by atoms with Crippen LogP contribution in [0.4, 0.5) is 5.69 Å². The standard InChI is InChI=1S/C14H15NO5/c1-2-8(6-13(17)18)14(19)9-3-4-10-11(5-9)20-7-12(16)15-10/h3-5,8H,2,6-7H2,1H3,(H,15,16)(H,17,18). The van der Waals surface area contributed by atoms with Crippen molar-refractivity contribution in [2.45, 2.75) is 19.8 Å². The molecule has 1 amide bonds. The van der Waals surface area contributed by atoms with Crippen LogP contribution in [0.5, 0.6) is 5.75 Å². The van der Waals surface area contributed by atoms with Gasteiger partial charge in [-0.25, -0.2) is 0 Å². The SMILES string of the molecule is CCC(CC(=O)O)C(=O)c1ccc2c(c1)OCC(=O)N2. The molecule has 106 valence electrons. The highest BCUT2D eigenvalue weighted by Gasteiger charge is 2.23. The number of rotatable bonds is 5. The lowest BCUT2D eigenvalue weighted by Gasteiger charge is -2.19. The molecule has 6 heteroatoms. The van der Waals surface area contributed by atoms with Gasteiger partial charge in [-0.3, -0.25) is 14.4 Å². The summed E-state index contributed by atoms with van der Waals surface area (Å²) >= 11 is 0. The average molecular weight is 277 g/mol. The summed E-state index contributed by atoms with van der Waals surface area (Å²) in [6.07, 6.45) is 0.268. The number of carboxylic acid groups (broad SMARTS) is 1. The molecule has 0 saturated carbocycles. The van der Waals surface area contributed by atoms with Crippen LogP contribution in [0.3, 0.4) is 0 Å². The highest BCUT2D eigenvalue weighted by atomic mass is 16.5. The third-order valence-corrected chi connectivity index (χ3v) is 3.18. The molecule has 2 rings (SSSR count). The van der Waals surface area contributed by atoms with Gasteiger partial charge in [0.15, 0.2) is 12.4 Å². The van der Waals surface area contributed by atoms with Gasteiger partial charge in [0.2, 0.25) is 0 Å². The second kappa shape index (κ2) is 5.73. The Morgan fingerprint density at radius 1 is 1.45 bits per heavy atom. The van der Waals surface area contributed by atoms with E-state index >= 15 is 0 Å². The fraction of sp³-hybridized carbons (Fsp3) is 0.357. The average Bonchev–Trinajstić information content (AvgIpc) is 2.43. The van der Waals surface area contributed by atoms with Gasteiger partial charge in [0, 0.05) is 11.5 Å². The Labute approximate surface area is 115 Å². The number of aliphatic carboxylic acids is 1. The van der Waals surface area contributed by atoms with Crippen molar-refractivity contribution in [3.8, 4) is 5.75 Å². The topological polar surface area (TPSA) is 92.7 Å². The van der Waals surface area contributed by atoms with Gasteiger partial charge in [0.05, 0.1) is 12.1 Å². The van der Waals surface area contributed by atoms with E-state index in [1.807, 2.05) is 0 Å². The van der Waals surface area contributed by atoms with Crippen molar-refractivity contribution in [2.24, 2.45) is 5.92 Å². The second-order valence-electron chi connectivity index (χ2n) is 4.62. The van der Waals surface area contributed by atoms with Crippen molar-refractivity contribution in [3.05, 3.63) is 23.8 Å². The number of nitrogens with one attached hydrogen (secondary N) is 1. The van der Waals surface area contributed by atoms with Gasteiger partial charge in [-0.05, 0) is 24.6 Å². The Hall–Kier alpha value is -2.37. The molecule has 0 saturated heterocycles. The minimum atomic E-state index is -0.994. The van der Waals surface area contributed by atoms with Crippen LogP contribution in [-0.2, 0) is 9.59 Å². The lowest BCUT2D eigenvalue weighted by atomic mass is 9.92. The Balaban J connectivity index is 2.22. The molecule has 2 N–H and O–H groups in total. The van der Waals surface area contributed by atoms with Crippen LogP contribution in [0.2, 0.25) is 0 Å². The first-order chi connectivity index (χ1) is 9.51. The summed E-state index contributed by atoms with van der Waals surface area (Å²) in [5.74, 6) is -1.58. The van der Waals surface area contributed by atoms with Crippen molar-refractivity contribution < 1.29 is 24.2 Å². The molecule has 1 aromatic carbocycles. The molecule has 1 aliphatic heterocycles. The van der Waals surface area contributed by atoms with Crippen LogP contribution < -0.4 is 10.1 Å². The number of benzene rings is 1. The van der Waals surface area contributed by atoms with Gasteiger partial charge in [0.1, 0.15) is 5.75 Å². The molecule has 1 aromatic rings. The number of ether oxygens (including phenoxy) is 1. The summed E-state index contributed by atoms with van der Waals surface area (Å²) in [6, 6.07) is 4.70. The zero-order chi connectivity index (χ0) is 14.7. The maximum Gasteiger partial charge on any atom is 0.304 e. The minimum absolute atomic E-state index is 0.0863. The number of hydrogen-bond donors (Lipinski definition) is 2. The van der Waals surface area contributed by atoms with Crippen LogP contribution in [0.1, 0.15) is 30.1 Å². The number of ketones is 1. The van der Waals surface area contributed by atoms with Crippen LogP contribution >= 0.6 is 0 Å². The van der Waals surface area contributed by atoms with Crippen LogP contribution in [0.25, 0.3) is 0 Å². The normalized spacial score (nSPS) is 14.8. The number of Topliss-reactive ketones (excluding diaryl/α,β-unsaturated/α-hetero) is 1. The fourth-order valence-electron chi connectivity index (χ4n) is 2.10. The summed E-state index contributed by atoms with van der Waals surface area (Å²) in [5.41, 5.74) is 0.914. The Morgan fingerprint density at radius 3 is 2.85 bits per heavy atom. The van der Waals surface area contributed by atoms with Crippen molar-refractivity contribution in [1.82, 2.24) is 0 Å². The summed E-state index contributed by atoms with van der Waals surface area (Å²) < 4.78 is 5.24. The molecule has 20 heavy (non-hydrogen) atoms. The van der Waals surface area contributed by atoms with Gasteiger partial charge in [0.25, 0.3) is 5.91 Å². The predicted octanol–water partition coefficient (Wildman–Crippen LogP) is 1.70. The molecular weight excluding hydrogens is 262 g/mol. The molecule has 0 spiro atoms. The zero-order valence-corrected chi connectivity index (χ0v) is 11.0. The van der Waals surface area contributed by atoms with E-state index in [0.717, 1.165) is 0 Å². The van der Waals surface area contributed by atoms with Crippen LogP contribution in [-0.4, -0.2) is 29.4 Å². The molecule has 0 bridgehead atoms. The van der Waals surface area contributed by atoms with Crippen molar-refractivity contribution in [3.63, 3.8) is 0 Å². The quantitative estimate of drug-likeness (QED) is 0.799. The Kier molecular flexibility index (Phi) is 4.02. The third kappa shape index (κ3) is 2.96. The van der Waals surface area contributed by atoms with E-state index in [-0.39, 0.29) is 24.7 Å². The van der Waals surface area contributed by atoms with Gasteiger partial charge in [-0.1, -0.05) is 6.92 Å². The molecule has 0 aromatic heterocycles. The van der Waals surface area contributed by atoms with Gasteiger partial charge >= 0.3 is 5.97 Å². The first-order valence-electron chi connectivity index (χ1n) is 6.34. The monoisotopic (exact) mass is 277 g/mol. The number of amides is 1. The Bertz CT molecular complexity index is 567. The number of carbonyl (C=O) groups excluding carboxylic acids is 2. The predicted molar refractivity (Wildman–Crippen MR) is 70.9 cm³/mol. The molecule has 1 heterocycles. The molecule has 0 radical (unpaired) electrons. The van der Waals surface area contributed by atoms with E-state index in [1.165, 1.54) is 0 Å². The zero-order valence-electron chi connectivity index (χ0n) is 11.0. The molecule has 6 nitrogen and oxygen atoms in total. The molecule has 1 atom stereocenters. The maximum atomic E-state index is 12.3. The molecule has 1 aliphatic rings.